The summed E-state index contributed by atoms with van der Waals surface area (Å²) in [5, 5.41) is 12.6. The highest BCUT2D eigenvalue weighted by atomic mass is 79.9. The number of carbonyl (C=O) groups is 1. The van der Waals surface area contributed by atoms with Gasteiger partial charge in [-0.25, -0.2) is 4.68 Å². The number of rotatable bonds is 11. The average molecular weight is 773 g/mol. The molecular formula is C39H39BrClN5O3S. The molecule has 0 fully saturated rings. The monoisotopic (exact) mass is 771 g/mol. The van der Waals surface area contributed by atoms with Gasteiger partial charge in [0, 0.05) is 26.5 Å². The second-order valence-electron chi connectivity index (χ2n) is 12.9. The first-order chi connectivity index (χ1) is 24.0. The lowest BCUT2D eigenvalue weighted by Gasteiger charge is -2.30. The van der Waals surface area contributed by atoms with E-state index in [2.05, 4.69) is 71.6 Å². The van der Waals surface area contributed by atoms with E-state index in [4.69, 9.17) is 31.2 Å². The number of ether oxygens (including phenoxy) is 2. The van der Waals surface area contributed by atoms with E-state index < -0.39 is 6.04 Å². The van der Waals surface area contributed by atoms with Crippen LogP contribution in [0.2, 0.25) is 5.02 Å². The molecule has 4 aromatic carbocycles. The molecule has 5 aromatic rings. The Hall–Kier alpha value is -4.25. The first-order valence-corrected chi connectivity index (χ1v) is 18.5. The van der Waals surface area contributed by atoms with Crippen LogP contribution >= 0.6 is 39.3 Å². The van der Waals surface area contributed by atoms with Crippen molar-refractivity contribution < 1.29 is 14.3 Å². The minimum absolute atomic E-state index is 0.0532. The Morgan fingerprint density at radius 1 is 1.00 bits per heavy atom. The highest BCUT2D eigenvalue weighted by Gasteiger charge is 2.36. The number of nitrogens with zero attached hydrogens (tertiary/aromatic N) is 3. The molecule has 1 aliphatic heterocycles. The molecule has 6 rings (SSSR count). The van der Waals surface area contributed by atoms with Crippen molar-refractivity contribution in [3.8, 4) is 11.5 Å². The number of carbonyl (C=O) groups excluding carboxylic acids is 1. The summed E-state index contributed by atoms with van der Waals surface area (Å²) in [4.78, 5) is 19.2. The first kappa shape index (κ1) is 35.6. The lowest BCUT2D eigenvalue weighted by atomic mass is 9.87. The summed E-state index contributed by atoms with van der Waals surface area (Å²) in [6, 6.07) is 28.8. The smallest absolute Gasteiger partial charge is 0.255 e. The molecule has 1 atom stereocenters. The van der Waals surface area contributed by atoms with Crippen molar-refractivity contribution in [3.63, 3.8) is 0 Å². The van der Waals surface area contributed by atoms with Crippen LogP contribution in [0.1, 0.15) is 62.9 Å². The zero-order chi connectivity index (χ0) is 35.4. The molecule has 0 aliphatic carbocycles. The van der Waals surface area contributed by atoms with Crippen LogP contribution in [0.3, 0.4) is 0 Å². The molecule has 0 spiro atoms. The van der Waals surface area contributed by atoms with Crippen LogP contribution in [0.25, 0.3) is 0 Å². The van der Waals surface area contributed by atoms with Crippen LogP contribution in [-0.2, 0) is 22.6 Å². The van der Waals surface area contributed by atoms with Crippen molar-refractivity contribution in [1.82, 2.24) is 14.8 Å². The molecule has 2 heterocycles. The zero-order valence-corrected chi connectivity index (χ0v) is 31.7. The fourth-order valence-electron chi connectivity index (χ4n) is 5.70. The number of fused-ring (bicyclic) bond motifs is 1. The Morgan fingerprint density at radius 3 is 2.48 bits per heavy atom. The Kier molecular flexibility index (Phi) is 10.9. The van der Waals surface area contributed by atoms with E-state index in [1.54, 1.807) is 4.68 Å². The third-order valence-corrected chi connectivity index (χ3v) is 10.1. The van der Waals surface area contributed by atoms with Crippen molar-refractivity contribution in [1.29, 1.82) is 0 Å². The fourth-order valence-corrected chi connectivity index (χ4v) is 7.19. The van der Waals surface area contributed by atoms with Gasteiger partial charge in [0.15, 0.2) is 0 Å². The van der Waals surface area contributed by atoms with Gasteiger partial charge in [-0.15, -0.1) is 5.10 Å². The van der Waals surface area contributed by atoms with Crippen LogP contribution in [-0.4, -0.2) is 27.3 Å². The first-order valence-electron chi connectivity index (χ1n) is 16.4. The molecular weight excluding hydrogens is 734 g/mol. The van der Waals surface area contributed by atoms with Gasteiger partial charge in [-0.05, 0) is 72.4 Å². The second-order valence-corrected chi connectivity index (χ2v) is 15.2. The van der Waals surface area contributed by atoms with Gasteiger partial charge in [0.05, 0.1) is 17.9 Å². The minimum atomic E-state index is -0.677. The molecule has 0 radical (unpaired) electrons. The molecule has 50 heavy (non-hydrogen) atoms. The van der Waals surface area contributed by atoms with Gasteiger partial charge in [0.25, 0.3) is 5.91 Å². The maximum atomic E-state index is 14.4. The van der Waals surface area contributed by atoms with Gasteiger partial charge >= 0.3 is 0 Å². The molecule has 0 bridgehead atoms. The molecule has 1 aliphatic rings. The number of para-hydroxylation sites is 2. The summed E-state index contributed by atoms with van der Waals surface area (Å²) in [7, 11) is 0. The summed E-state index contributed by atoms with van der Waals surface area (Å²) in [5.74, 6) is 2.01. The average Bonchev–Trinajstić information content (AvgIpc) is 3.49. The largest absolute Gasteiger partial charge is 0.492 e. The maximum absolute atomic E-state index is 14.4. The number of hydrogen-bond donors (Lipinski definition) is 2. The fraction of sp³-hybridized carbons (Fsp3) is 0.256. The van der Waals surface area contributed by atoms with Crippen LogP contribution in [0, 0.1) is 0 Å². The van der Waals surface area contributed by atoms with Crippen molar-refractivity contribution in [3.05, 3.63) is 134 Å². The number of halogens is 2. The molecule has 258 valence electrons. The number of thioether (sulfide) groups is 1. The molecule has 1 amide bonds. The van der Waals surface area contributed by atoms with Gasteiger partial charge in [-0.1, -0.05) is 115 Å². The van der Waals surface area contributed by atoms with Gasteiger partial charge < -0.3 is 20.1 Å². The zero-order valence-electron chi connectivity index (χ0n) is 28.6. The van der Waals surface area contributed by atoms with E-state index in [-0.39, 0.29) is 11.3 Å². The number of aromatic nitrogens is 3. The molecule has 2 N–H and O–H groups in total. The normalized spacial score (nSPS) is 14.2. The third kappa shape index (κ3) is 8.04. The SMILES string of the molecule is CCOc1ccccc1NC(=O)C1=C(C)Nc2nc(SCc3ccccc3Cl)nn2C1c1cc(Br)ccc1OCc1ccc(C(C)(C)C)cc1. The summed E-state index contributed by atoms with van der Waals surface area (Å²) in [6.45, 7) is 11.2. The molecule has 11 heteroatoms. The second kappa shape index (κ2) is 15.3. The van der Waals surface area contributed by atoms with E-state index in [1.807, 2.05) is 80.6 Å². The number of amides is 1. The lowest BCUT2D eigenvalue weighted by Crippen LogP contribution is -2.32. The van der Waals surface area contributed by atoms with E-state index in [1.165, 1.54) is 17.3 Å². The van der Waals surface area contributed by atoms with Gasteiger partial charge in [-0.3, -0.25) is 4.79 Å². The van der Waals surface area contributed by atoms with Crippen LogP contribution < -0.4 is 20.1 Å². The number of hydrogen-bond acceptors (Lipinski definition) is 7. The lowest BCUT2D eigenvalue weighted by molar-refractivity contribution is -0.113. The predicted octanol–water partition coefficient (Wildman–Crippen LogP) is 10.2. The van der Waals surface area contributed by atoms with Crippen LogP contribution in [0.4, 0.5) is 11.6 Å². The summed E-state index contributed by atoms with van der Waals surface area (Å²) in [6.07, 6.45) is 0. The number of benzene rings is 4. The van der Waals surface area contributed by atoms with Crippen molar-refractivity contribution >= 4 is 56.8 Å². The predicted molar refractivity (Wildman–Crippen MR) is 205 cm³/mol. The molecule has 1 aromatic heterocycles. The Labute approximate surface area is 310 Å². The standard InChI is InChI=1S/C39H39BrClN5O3S/c1-6-48-33-14-10-9-13-31(33)43-36(47)34-24(2)42-37-44-38(50-23-26-11-7-8-12-30(26)41)45-46(37)35(34)29-21-28(40)19-20-32(29)49-22-25-15-17-27(18-16-25)39(3,4)5/h7-21,35H,6,22-23H2,1-5H3,(H,43,47)(H,42,44,45). The maximum Gasteiger partial charge on any atom is 0.255 e. The van der Waals surface area contributed by atoms with Gasteiger partial charge in [-0.2, -0.15) is 4.98 Å². The van der Waals surface area contributed by atoms with Crippen molar-refractivity contribution in [2.45, 2.75) is 63.6 Å². The summed E-state index contributed by atoms with van der Waals surface area (Å²) in [5.41, 5.74) is 5.76. The van der Waals surface area contributed by atoms with E-state index >= 15 is 0 Å². The van der Waals surface area contributed by atoms with E-state index in [9.17, 15) is 4.79 Å². The third-order valence-electron chi connectivity index (χ3n) is 8.31. The molecule has 0 saturated carbocycles. The van der Waals surface area contributed by atoms with Gasteiger partial charge in [0.2, 0.25) is 11.1 Å². The Bertz CT molecular complexity index is 2040. The minimum Gasteiger partial charge on any atom is -0.492 e. The van der Waals surface area contributed by atoms with E-state index in [0.717, 1.165) is 21.2 Å². The van der Waals surface area contributed by atoms with Crippen LogP contribution in [0.15, 0.2) is 112 Å². The Balaban J connectivity index is 1.38. The summed E-state index contributed by atoms with van der Waals surface area (Å²) >= 11 is 11.6. The highest BCUT2D eigenvalue weighted by molar-refractivity contribution is 9.10. The van der Waals surface area contributed by atoms with Crippen molar-refractivity contribution in [2.75, 3.05) is 17.2 Å². The van der Waals surface area contributed by atoms with Gasteiger partial charge in [0.1, 0.15) is 24.1 Å². The molecule has 0 saturated heterocycles. The highest BCUT2D eigenvalue weighted by Crippen LogP contribution is 2.42. The molecule has 8 nitrogen and oxygen atoms in total. The Morgan fingerprint density at radius 2 is 1.74 bits per heavy atom. The number of allylic oxidation sites excluding steroid dienone is 1. The number of nitrogens with one attached hydrogen (secondary N) is 2. The van der Waals surface area contributed by atoms with Crippen molar-refractivity contribution in [2.24, 2.45) is 0 Å². The van der Waals surface area contributed by atoms with Crippen LogP contribution in [0.5, 0.6) is 11.5 Å². The quantitative estimate of drug-likeness (QED) is 0.129. The summed E-state index contributed by atoms with van der Waals surface area (Å²) < 4.78 is 14.9. The van der Waals surface area contributed by atoms with E-state index in [0.29, 0.717) is 63.6 Å². The topological polar surface area (TPSA) is 90.3 Å². The number of anilines is 2. The molecule has 1 unspecified atom stereocenters.